The van der Waals surface area contributed by atoms with Gasteiger partial charge in [0.1, 0.15) is 23.8 Å². The minimum absolute atomic E-state index is 0.0448. The number of carbonyl (C=O) groups excluding carboxylic acids is 1. The molecule has 24 heavy (non-hydrogen) atoms. The number of rotatable bonds is 4. The predicted octanol–water partition coefficient (Wildman–Crippen LogP) is 2.76. The second-order valence-electron chi connectivity index (χ2n) is 5.91. The van der Waals surface area contributed by atoms with Crippen LogP contribution in [0.2, 0.25) is 0 Å². The fourth-order valence-corrected chi connectivity index (χ4v) is 3.19. The summed E-state index contributed by atoms with van der Waals surface area (Å²) in [7, 11) is 0. The van der Waals surface area contributed by atoms with Crippen molar-refractivity contribution in [3.63, 3.8) is 0 Å². The molecule has 0 unspecified atom stereocenters. The van der Waals surface area contributed by atoms with Crippen LogP contribution in [-0.4, -0.2) is 41.6 Å². The van der Waals surface area contributed by atoms with E-state index >= 15 is 0 Å². The van der Waals surface area contributed by atoms with Gasteiger partial charge in [-0.1, -0.05) is 5.16 Å². The van der Waals surface area contributed by atoms with E-state index in [0.29, 0.717) is 17.9 Å². The van der Waals surface area contributed by atoms with Gasteiger partial charge in [-0.25, -0.2) is 0 Å². The molecule has 1 N–H and O–H groups in total. The summed E-state index contributed by atoms with van der Waals surface area (Å²) >= 11 is 3.48. The molecular formula is C17H20BrN3O3. The summed E-state index contributed by atoms with van der Waals surface area (Å²) < 4.78 is 11.5. The first kappa shape index (κ1) is 17.0. The molecule has 1 saturated heterocycles. The zero-order chi connectivity index (χ0) is 17.1. The molecule has 0 aliphatic carbocycles. The number of hydrogen-bond acceptors (Lipinski definition) is 5. The molecule has 1 amide bonds. The molecule has 2 heterocycles. The van der Waals surface area contributed by atoms with Gasteiger partial charge in [0.05, 0.1) is 4.47 Å². The zero-order valence-corrected chi connectivity index (χ0v) is 15.3. The zero-order valence-electron chi connectivity index (χ0n) is 13.7. The molecule has 2 aromatic rings. The number of nitrogens with one attached hydrogen (secondary N) is 1. The number of nitrogens with zero attached hydrogens (tertiary/aromatic N) is 2. The Bertz CT molecular complexity index is 732. The second kappa shape index (κ2) is 7.36. The maximum Gasteiger partial charge on any atom is 0.254 e. The normalized spacial score (nSPS) is 17.8. The first-order valence-electron chi connectivity index (χ1n) is 7.91. The highest BCUT2D eigenvalue weighted by Crippen LogP contribution is 2.27. The van der Waals surface area contributed by atoms with Crippen molar-refractivity contribution in [2.45, 2.75) is 26.5 Å². The van der Waals surface area contributed by atoms with Gasteiger partial charge in [0.25, 0.3) is 5.91 Å². The first-order valence-corrected chi connectivity index (χ1v) is 8.70. The molecule has 1 aromatic carbocycles. The number of amides is 1. The third-order valence-corrected chi connectivity index (χ3v) is 4.61. The van der Waals surface area contributed by atoms with Gasteiger partial charge in [-0.05, 0) is 48.0 Å². The average Bonchev–Trinajstić information content (AvgIpc) is 2.99. The number of ether oxygens (including phenoxy) is 1. The van der Waals surface area contributed by atoms with E-state index in [1.54, 1.807) is 18.2 Å². The van der Waals surface area contributed by atoms with E-state index in [4.69, 9.17) is 9.26 Å². The lowest BCUT2D eigenvalue weighted by molar-refractivity contribution is 0.0655. The van der Waals surface area contributed by atoms with Gasteiger partial charge in [0.2, 0.25) is 0 Å². The first-order chi connectivity index (χ1) is 11.5. The standard InChI is InChI=1S/C17H20BrN3O3/c1-11-9-19-5-6-21(11)17(22)13-3-4-16(15(18)8-13)23-10-14-7-12(2)24-20-14/h3-4,7-8,11,19H,5-6,9-10H2,1-2H3/t11-/m1/s1. The summed E-state index contributed by atoms with van der Waals surface area (Å²) in [6.45, 7) is 6.58. The lowest BCUT2D eigenvalue weighted by Crippen LogP contribution is -2.52. The number of aryl methyl sites for hydroxylation is 1. The molecule has 1 fully saturated rings. The summed E-state index contributed by atoms with van der Waals surface area (Å²) in [5.41, 5.74) is 1.38. The molecule has 1 aliphatic heterocycles. The second-order valence-corrected chi connectivity index (χ2v) is 6.77. The van der Waals surface area contributed by atoms with Crippen molar-refractivity contribution in [3.05, 3.63) is 45.8 Å². The highest BCUT2D eigenvalue weighted by Gasteiger charge is 2.24. The molecule has 7 heteroatoms. The summed E-state index contributed by atoms with van der Waals surface area (Å²) in [5.74, 6) is 1.46. The highest BCUT2D eigenvalue weighted by atomic mass is 79.9. The van der Waals surface area contributed by atoms with E-state index in [2.05, 4.69) is 33.3 Å². The van der Waals surface area contributed by atoms with E-state index < -0.39 is 0 Å². The van der Waals surface area contributed by atoms with Crippen LogP contribution in [0.25, 0.3) is 0 Å². The molecule has 6 nitrogen and oxygen atoms in total. The number of halogens is 1. The van der Waals surface area contributed by atoms with E-state index in [1.807, 2.05) is 17.9 Å². The number of piperazine rings is 1. The maximum atomic E-state index is 12.7. The van der Waals surface area contributed by atoms with Crippen LogP contribution in [0.4, 0.5) is 0 Å². The summed E-state index contributed by atoms with van der Waals surface area (Å²) in [6.07, 6.45) is 0. The lowest BCUT2D eigenvalue weighted by Gasteiger charge is -2.34. The van der Waals surface area contributed by atoms with Crippen molar-refractivity contribution in [1.29, 1.82) is 0 Å². The van der Waals surface area contributed by atoms with E-state index in [9.17, 15) is 4.79 Å². The largest absolute Gasteiger partial charge is 0.486 e. The van der Waals surface area contributed by atoms with E-state index in [-0.39, 0.29) is 11.9 Å². The Labute approximate surface area is 149 Å². The number of carbonyl (C=O) groups is 1. The number of aromatic nitrogens is 1. The summed E-state index contributed by atoms with van der Waals surface area (Å²) in [4.78, 5) is 14.6. The predicted molar refractivity (Wildman–Crippen MR) is 93.1 cm³/mol. The minimum atomic E-state index is 0.0448. The highest BCUT2D eigenvalue weighted by molar-refractivity contribution is 9.10. The molecule has 1 aromatic heterocycles. The van der Waals surface area contributed by atoms with Crippen LogP contribution >= 0.6 is 15.9 Å². The molecular weight excluding hydrogens is 374 g/mol. The molecule has 0 spiro atoms. The minimum Gasteiger partial charge on any atom is -0.486 e. The Hall–Kier alpha value is -1.86. The SMILES string of the molecule is Cc1cc(COc2ccc(C(=O)N3CCNC[C@H]3C)cc2Br)no1. The molecule has 0 saturated carbocycles. The Morgan fingerprint density at radius 1 is 1.50 bits per heavy atom. The third-order valence-electron chi connectivity index (χ3n) is 3.99. The molecule has 128 valence electrons. The van der Waals surface area contributed by atoms with Gasteiger partial charge in [-0.2, -0.15) is 0 Å². The monoisotopic (exact) mass is 393 g/mol. The van der Waals surface area contributed by atoms with Crippen LogP contribution < -0.4 is 10.1 Å². The van der Waals surface area contributed by atoms with E-state index in [1.165, 1.54) is 0 Å². The Morgan fingerprint density at radius 2 is 2.33 bits per heavy atom. The summed E-state index contributed by atoms with van der Waals surface area (Å²) in [6, 6.07) is 7.43. The van der Waals surface area contributed by atoms with Crippen LogP contribution in [-0.2, 0) is 6.61 Å². The van der Waals surface area contributed by atoms with Gasteiger partial charge in [0.15, 0.2) is 0 Å². The average molecular weight is 394 g/mol. The van der Waals surface area contributed by atoms with Crippen molar-refractivity contribution < 1.29 is 14.1 Å². The Balaban J connectivity index is 1.68. The van der Waals surface area contributed by atoms with Crippen LogP contribution in [0, 0.1) is 6.92 Å². The fraction of sp³-hybridized carbons (Fsp3) is 0.412. The van der Waals surface area contributed by atoms with Crippen LogP contribution in [0.3, 0.4) is 0 Å². The quantitative estimate of drug-likeness (QED) is 0.864. The molecule has 0 radical (unpaired) electrons. The third kappa shape index (κ3) is 3.79. The van der Waals surface area contributed by atoms with Crippen LogP contribution in [0.1, 0.15) is 28.7 Å². The Morgan fingerprint density at radius 3 is 3.00 bits per heavy atom. The van der Waals surface area contributed by atoms with E-state index in [0.717, 1.165) is 35.6 Å². The maximum absolute atomic E-state index is 12.7. The van der Waals surface area contributed by atoms with Gasteiger partial charge < -0.3 is 19.5 Å². The van der Waals surface area contributed by atoms with Crippen molar-refractivity contribution in [2.24, 2.45) is 0 Å². The molecule has 3 rings (SSSR count). The van der Waals surface area contributed by atoms with Crippen molar-refractivity contribution in [3.8, 4) is 5.75 Å². The van der Waals surface area contributed by atoms with Gasteiger partial charge >= 0.3 is 0 Å². The van der Waals surface area contributed by atoms with Gasteiger partial charge in [-0.3, -0.25) is 4.79 Å². The van der Waals surface area contributed by atoms with Crippen molar-refractivity contribution in [2.75, 3.05) is 19.6 Å². The summed E-state index contributed by atoms with van der Waals surface area (Å²) in [5, 5.41) is 7.18. The smallest absolute Gasteiger partial charge is 0.254 e. The van der Waals surface area contributed by atoms with Gasteiger partial charge in [-0.15, -0.1) is 0 Å². The van der Waals surface area contributed by atoms with Crippen LogP contribution in [0.5, 0.6) is 5.75 Å². The molecule has 1 aliphatic rings. The Kier molecular flexibility index (Phi) is 5.20. The van der Waals surface area contributed by atoms with Crippen molar-refractivity contribution >= 4 is 21.8 Å². The molecule has 1 atom stereocenters. The lowest BCUT2D eigenvalue weighted by atomic mass is 10.1. The number of benzene rings is 1. The van der Waals surface area contributed by atoms with Crippen LogP contribution in [0.15, 0.2) is 33.3 Å². The fourth-order valence-electron chi connectivity index (χ4n) is 2.70. The van der Waals surface area contributed by atoms with Crippen molar-refractivity contribution in [1.82, 2.24) is 15.4 Å². The van der Waals surface area contributed by atoms with Gasteiger partial charge in [0, 0.05) is 37.3 Å². The molecule has 0 bridgehead atoms. The topological polar surface area (TPSA) is 67.6 Å². The number of hydrogen-bond donors (Lipinski definition) is 1.